The standard InChI is InChI=1S/C35H65NO4/c1-3-5-7-9-11-13-14-15-16-17-18-19-20-22-24-26-28-30-34(39)35(40)36-32(31-37)33(38)29-27-25-23-21-12-10-8-6-4-2/h12,18-19,21,27,29,32-34,37-39H,3-11,13-17,20,22-26,28,30-31H2,1-2H3,(H,36,40)/b19-18-,21-12+,29-27+. The summed E-state index contributed by atoms with van der Waals surface area (Å²) in [5, 5.41) is 32.7. The van der Waals surface area contributed by atoms with Crippen LogP contribution in [0.4, 0.5) is 0 Å². The summed E-state index contributed by atoms with van der Waals surface area (Å²) in [6.07, 6.45) is 35.9. The van der Waals surface area contributed by atoms with Gasteiger partial charge in [-0.05, 0) is 57.8 Å². The molecule has 5 heteroatoms. The number of aliphatic hydroxyl groups excluding tert-OH is 3. The van der Waals surface area contributed by atoms with E-state index in [4.69, 9.17) is 0 Å². The largest absolute Gasteiger partial charge is 0.394 e. The average Bonchev–Trinajstić information content (AvgIpc) is 2.96. The van der Waals surface area contributed by atoms with E-state index in [1.54, 1.807) is 6.08 Å². The number of hydrogen-bond acceptors (Lipinski definition) is 4. The summed E-state index contributed by atoms with van der Waals surface area (Å²) in [4.78, 5) is 12.3. The molecule has 0 bridgehead atoms. The first kappa shape index (κ1) is 38.6. The minimum absolute atomic E-state index is 0.381. The molecule has 0 saturated heterocycles. The van der Waals surface area contributed by atoms with Crippen LogP contribution in [-0.2, 0) is 4.79 Å². The SMILES string of the molecule is CCCCC/C=C/CC/C=C/C(O)C(CO)NC(=O)C(O)CCCCCC/C=C\CCCCCCCCCCC. The Balaban J connectivity index is 3.80. The summed E-state index contributed by atoms with van der Waals surface area (Å²) in [5.74, 6) is -0.527. The van der Waals surface area contributed by atoms with Crippen LogP contribution in [0.1, 0.15) is 155 Å². The smallest absolute Gasteiger partial charge is 0.249 e. The van der Waals surface area contributed by atoms with E-state index < -0.39 is 24.2 Å². The lowest BCUT2D eigenvalue weighted by atomic mass is 10.1. The van der Waals surface area contributed by atoms with E-state index in [1.165, 1.54) is 83.5 Å². The van der Waals surface area contributed by atoms with Crippen LogP contribution in [0, 0.1) is 0 Å². The Hall–Kier alpha value is -1.43. The molecule has 3 atom stereocenters. The maximum atomic E-state index is 12.3. The zero-order valence-corrected chi connectivity index (χ0v) is 26.2. The van der Waals surface area contributed by atoms with Crippen LogP contribution in [-0.4, -0.2) is 46.1 Å². The van der Waals surface area contributed by atoms with Gasteiger partial charge in [0.15, 0.2) is 0 Å². The van der Waals surface area contributed by atoms with Gasteiger partial charge >= 0.3 is 0 Å². The summed E-state index contributed by atoms with van der Waals surface area (Å²) in [6.45, 7) is 4.08. The zero-order chi connectivity index (χ0) is 29.5. The second kappa shape index (κ2) is 30.5. The van der Waals surface area contributed by atoms with Crippen molar-refractivity contribution in [2.24, 2.45) is 0 Å². The topological polar surface area (TPSA) is 89.8 Å². The number of allylic oxidation sites excluding steroid dienone is 5. The van der Waals surface area contributed by atoms with Gasteiger partial charge in [0.2, 0.25) is 5.91 Å². The Bertz CT molecular complexity index is 631. The molecule has 0 aromatic carbocycles. The maximum Gasteiger partial charge on any atom is 0.249 e. The van der Waals surface area contributed by atoms with Crippen molar-refractivity contribution in [2.75, 3.05) is 6.61 Å². The van der Waals surface area contributed by atoms with Gasteiger partial charge in [0.05, 0.1) is 18.8 Å². The number of carbonyl (C=O) groups is 1. The molecule has 1 amide bonds. The molecule has 0 aliphatic rings. The Morgan fingerprint density at radius 1 is 0.600 bits per heavy atom. The van der Waals surface area contributed by atoms with Crippen molar-refractivity contribution in [2.45, 2.75) is 173 Å². The van der Waals surface area contributed by atoms with Gasteiger partial charge in [0.1, 0.15) is 6.10 Å². The molecule has 0 radical (unpaired) electrons. The monoisotopic (exact) mass is 563 g/mol. The lowest BCUT2D eigenvalue weighted by Crippen LogP contribution is -2.48. The summed E-state index contributed by atoms with van der Waals surface area (Å²) in [6, 6.07) is -0.815. The van der Waals surface area contributed by atoms with E-state index in [-0.39, 0.29) is 6.61 Å². The molecule has 0 aliphatic heterocycles. The highest BCUT2D eigenvalue weighted by atomic mass is 16.3. The van der Waals surface area contributed by atoms with Gasteiger partial charge in [-0.15, -0.1) is 0 Å². The molecule has 0 saturated carbocycles. The summed E-state index contributed by atoms with van der Waals surface area (Å²) < 4.78 is 0. The molecule has 0 aliphatic carbocycles. The molecule has 5 nitrogen and oxygen atoms in total. The summed E-state index contributed by atoms with van der Waals surface area (Å²) in [7, 11) is 0. The predicted molar refractivity (Wildman–Crippen MR) is 171 cm³/mol. The van der Waals surface area contributed by atoms with E-state index in [2.05, 4.69) is 43.5 Å². The van der Waals surface area contributed by atoms with Crippen LogP contribution in [0.25, 0.3) is 0 Å². The number of aliphatic hydroxyl groups is 3. The number of hydrogen-bond donors (Lipinski definition) is 4. The molecule has 234 valence electrons. The van der Waals surface area contributed by atoms with Crippen molar-refractivity contribution < 1.29 is 20.1 Å². The summed E-state index contributed by atoms with van der Waals surface area (Å²) in [5.41, 5.74) is 0. The van der Waals surface area contributed by atoms with Crippen molar-refractivity contribution in [3.05, 3.63) is 36.5 Å². The van der Waals surface area contributed by atoms with E-state index in [9.17, 15) is 20.1 Å². The quantitative estimate of drug-likeness (QED) is 0.0543. The van der Waals surface area contributed by atoms with Crippen LogP contribution < -0.4 is 5.32 Å². The van der Waals surface area contributed by atoms with E-state index in [0.717, 1.165) is 51.4 Å². The molecule has 3 unspecified atom stereocenters. The minimum atomic E-state index is -1.11. The lowest BCUT2D eigenvalue weighted by molar-refractivity contribution is -0.131. The fraction of sp³-hybridized carbons (Fsp3) is 0.800. The molecular weight excluding hydrogens is 498 g/mol. The number of nitrogens with one attached hydrogen (secondary N) is 1. The highest BCUT2D eigenvalue weighted by Gasteiger charge is 2.22. The summed E-state index contributed by atoms with van der Waals surface area (Å²) >= 11 is 0. The molecular formula is C35H65NO4. The molecule has 0 aromatic rings. The van der Waals surface area contributed by atoms with Crippen LogP contribution in [0.5, 0.6) is 0 Å². The van der Waals surface area contributed by atoms with Gasteiger partial charge in [0.25, 0.3) is 0 Å². The third-order valence-electron chi connectivity index (χ3n) is 7.45. The van der Waals surface area contributed by atoms with Gasteiger partial charge < -0.3 is 20.6 Å². The predicted octanol–water partition coefficient (Wildman–Crippen LogP) is 8.48. The first-order valence-electron chi connectivity index (χ1n) is 16.8. The Kier molecular flexibility index (Phi) is 29.4. The number of unbranched alkanes of at least 4 members (excludes halogenated alkanes) is 17. The third kappa shape index (κ3) is 25.5. The van der Waals surface area contributed by atoms with Gasteiger partial charge in [-0.1, -0.05) is 134 Å². The molecule has 0 spiro atoms. The van der Waals surface area contributed by atoms with Crippen molar-refractivity contribution in [1.82, 2.24) is 5.32 Å². The average molecular weight is 564 g/mol. The molecule has 0 aromatic heterocycles. The fourth-order valence-electron chi connectivity index (χ4n) is 4.72. The lowest BCUT2D eigenvalue weighted by Gasteiger charge is -2.21. The van der Waals surface area contributed by atoms with Crippen LogP contribution in [0.3, 0.4) is 0 Å². The molecule has 0 rings (SSSR count). The van der Waals surface area contributed by atoms with Crippen LogP contribution >= 0.6 is 0 Å². The first-order valence-corrected chi connectivity index (χ1v) is 16.8. The third-order valence-corrected chi connectivity index (χ3v) is 7.45. The number of carbonyl (C=O) groups excluding carboxylic acids is 1. The van der Waals surface area contributed by atoms with E-state index in [0.29, 0.717) is 6.42 Å². The van der Waals surface area contributed by atoms with Gasteiger partial charge in [-0.3, -0.25) is 4.79 Å². The zero-order valence-electron chi connectivity index (χ0n) is 26.2. The van der Waals surface area contributed by atoms with E-state index >= 15 is 0 Å². The Labute approximate surface area is 247 Å². The van der Waals surface area contributed by atoms with Crippen LogP contribution in [0.2, 0.25) is 0 Å². The Morgan fingerprint density at radius 2 is 1.02 bits per heavy atom. The fourth-order valence-corrected chi connectivity index (χ4v) is 4.72. The van der Waals surface area contributed by atoms with Gasteiger partial charge in [-0.2, -0.15) is 0 Å². The molecule has 40 heavy (non-hydrogen) atoms. The van der Waals surface area contributed by atoms with Gasteiger partial charge in [-0.25, -0.2) is 0 Å². The first-order chi connectivity index (χ1) is 19.6. The van der Waals surface area contributed by atoms with Gasteiger partial charge in [0, 0.05) is 0 Å². The highest BCUT2D eigenvalue weighted by Crippen LogP contribution is 2.12. The maximum absolute atomic E-state index is 12.3. The van der Waals surface area contributed by atoms with Crippen LogP contribution in [0.15, 0.2) is 36.5 Å². The number of rotatable bonds is 29. The van der Waals surface area contributed by atoms with Crippen molar-refractivity contribution in [3.63, 3.8) is 0 Å². The number of amides is 1. The second-order valence-electron chi connectivity index (χ2n) is 11.4. The normalized spacial score (nSPS) is 14.4. The van der Waals surface area contributed by atoms with Crippen molar-refractivity contribution >= 4 is 5.91 Å². The Morgan fingerprint density at radius 3 is 1.57 bits per heavy atom. The molecule has 4 N–H and O–H groups in total. The second-order valence-corrected chi connectivity index (χ2v) is 11.4. The minimum Gasteiger partial charge on any atom is -0.394 e. The molecule has 0 fully saturated rings. The molecule has 0 heterocycles. The van der Waals surface area contributed by atoms with Crippen molar-refractivity contribution in [3.8, 4) is 0 Å². The van der Waals surface area contributed by atoms with E-state index in [1.807, 2.05) is 6.08 Å². The van der Waals surface area contributed by atoms with Crippen molar-refractivity contribution in [1.29, 1.82) is 0 Å². The highest BCUT2D eigenvalue weighted by molar-refractivity contribution is 5.80.